The highest BCUT2D eigenvalue weighted by Gasteiger charge is 2.09. The van der Waals surface area contributed by atoms with Crippen molar-refractivity contribution in [3.8, 4) is 0 Å². The van der Waals surface area contributed by atoms with Crippen molar-refractivity contribution in [2.24, 2.45) is 5.14 Å². The molecule has 13 heavy (non-hydrogen) atoms. The Balaban J connectivity index is 3.30. The normalized spacial score (nSPS) is 11.6. The van der Waals surface area contributed by atoms with Crippen LogP contribution in [-0.2, 0) is 16.4 Å². The summed E-state index contributed by atoms with van der Waals surface area (Å²) in [6.07, 6.45) is 0.683. The first-order valence-corrected chi connectivity index (χ1v) is 5.69. The molecule has 0 aromatic heterocycles. The van der Waals surface area contributed by atoms with E-state index in [0.717, 1.165) is 5.56 Å². The summed E-state index contributed by atoms with van der Waals surface area (Å²) >= 11 is 5.81. The zero-order valence-corrected chi connectivity index (χ0v) is 8.69. The van der Waals surface area contributed by atoms with E-state index in [-0.39, 0.29) is 4.90 Å². The predicted molar refractivity (Wildman–Crippen MR) is 52.2 cm³/mol. The lowest BCUT2D eigenvalue weighted by Crippen LogP contribution is -2.12. The molecule has 0 fully saturated rings. The highest BCUT2D eigenvalue weighted by Crippen LogP contribution is 2.19. The topological polar surface area (TPSA) is 60.2 Å². The van der Waals surface area contributed by atoms with Gasteiger partial charge in [0.05, 0.1) is 4.90 Å². The maximum absolute atomic E-state index is 10.9. The molecule has 0 bridgehead atoms. The molecular formula is C8H10ClNO2S. The van der Waals surface area contributed by atoms with Crippen LogP contribution in [0.15, 0.2) is 23.1 Å². The summed E-state index contributed by atoms with van der Waals surface area (Å²) in [4.78, 5) is 0.105. The maximum Gasteiger partial charge on any atom is 0.238 e. The molecule has 0 atom stereocenters. The summed E-state index contributed by atoms with van der Waals surface area (Å²) in [6.45, 7) is 1.90. The third-order valence-electron chi connectivity index (χ3n) is 1.73. The number of nitrogens with two attached hydrogens (primary N) is 1. The largest absolute Gasteiger partial charge is 0.238 e. The second-order valence-electron chi connectivity index (χ2n) is 2.65. The van der Waals surface area contributed by atoms with Crippen molar-refractivity contribution in [3.63, 3.8) is 0 Å². The Kier molecular flexibility index (Phi) is 2.95. The average Bonchev–Trinajstić information content (AvgIpc) is 2.03. The molecule has 2 N–H and O–H groups in total. The van der Waals surface area contributed by atoms with Crippen LogP contribution in [0.4, 0.5) is 0 Å². The molecule has 0 unspecified atom stereocenters. The van der Waals surface area contributed by atoms with E-state index in [0.29, 0.717) is 11.4 Å². The minimum absolute atomic E-state index is 0.105. The van der Waals surface area contributed by atoms with Crippen LogP contribution >= 0.6 is 11.6 Å². The van der Waals surface area contributed by atoms with Crippen LogP contribution in [0.2, 0.25) is 5.02 Å². The van der Waals surface area contributed by atoms with Crippen molar-refractivity contribution in [1.82, 2.24) is 0 Å². The molecule has 0 heterocycles. The van der Waals surface area contributed by atoms with Crippen LogP contribution in [0.5, 0.6) is 0 Å². The van der Waals surface area contributed by atoms with Crippen LogP contribution in [0.1, 0.15) is 12.5 Å². The number of hydrogen-bond donors (Lipinski definition) is 1. The second kappa shape index (κ2) is 3.65. The summed E-state index contributed by atoms with van der Waals surface area (Å²) in [5.74, 6) is 0. The third-order valence-corrected chi connectivity index (χ3v) is 3.01. The van der Waals surface area contributed by atoms with E-state index in [1.165, 1.54) is 12.1 Å². The highest BCUT2D eigenvalue weighted by atomic mass is 35.5. The van der Waals surface area contributed by atoms with Crippen LogP contribution in [0, 0.1) is 0 Å². The van der Waals surface area contributed by atoms with E-state index in [9.17, 15) is 8.42 Å². The average molecular weight is 220 g/mol. The zero-order chi connectivity index (χ0) is 10.1. The molecule has 1 aromatic rings. The van der Waals surface area contributed by atoms with Gasteiger partial charge < -0.3 is 0 Å². The summed E-state index contributed by atoms with van der Waals surface area (Å²) in [6, 6.07) is 4.44. The number of hydrogen-bond acceptors (Lipinski definition) is 2. The van der Waals surface area contributed by atoms with E-state index < -0.39 is 10.0 Å². The first-order chi connectivity index (χ1) is 5.95. The van der Waals surface area contributed by atoms with Gasteiger partial charge >= 0.3 is 0 Å². The van der Waals surface area contributed by atoms with Crippen molar-refractivity contribution >= 4 is 21.6 Å². The quantitative estimate of drug-likeness (QED) is 0.821. The number of rotatable bonds is 2. The highest BCUT2D eigenvalue weighted by molar-refractivity contribution is 7.89. The van der Waals surface area contributed by atoms with Gasteiger partial charge in [-0.3, -0.25) is 0 Å². The zero-order valence-electron chi connectivity index (χ0n) is 7.12. The predicted octanol–water partition coefficient (Wildman–Crippen LogP) is 1.55. The Labute approximate surface area is 82.6 Å². The van der Waals surface area contributed by atoms with E-state index in [4.69, 9.17) is 16.7 Å². The Morgan fingerprint density at radius 2 is 2.08 bits per heavy atom. The fourth-order valence-electron chi connectivity index (χ4n) is 0.999. The molecule has 0 aliphatic heterocycles. The Morgan fingerprint density at radius 3 is 2.54 bits per heavy atom. The molecule has 3 nitrogen and oxygen atoms in total. The molecule has 1 rings (SSSR count). The van der Waals surface area contributed by atoms with Crippen molar-refractivity contribution in [3.05, 3.63) is 28.8 Å². The lowest BCUT2D eigenvalue weighted by molar-refractivity contribution is 0.597. The molecular weight excluding hydrogens is 210 g/mol. The smallest absolute Gasteiger partial charge is 0.225 e. The van der Waals surface area contributed by atoms with E-state index in [1.54, 1.807) is 6.07 Å². The molecule has 0 aliphatic rings. The number of primary sulfonamides is 1. The van der Waals surface area contributed by atoms with Crippen LogP contribution < -0.4 is 5.14 Å². The minimum atomic E-state index is -3.61. The maximum atomic E-state index is 10.9. The van der Waals surface area contributed by atoms with Gasteiger partial charge in [-0.15, -0.1) is 0 Å². The van der Waals surface area contributed by atoms with E-state index in [1.807, 2.05) is 6.92 Å². The molecule has 0 saturated heterocycles. The lowest BCUT2D eigenvalue weighted by Gasteiger charge is -2.03. The van der Waals surface area contributed by atoms with Gasteiger partial charge in [-0.1, -0.05) is 18.5 Å². The fraction of sp³-hybridized carbons (Fsp3) is 0.250. The third kappa shape index (κ3) is 2.43. The van der Waals surface area contributed by atoms with Crippen molar-refractivity contribution in [2.45, 2.75) is 18.2 Å². The Morgan fingerprint density at radius 1 is 1.46 bits per heavy atom. The molecule has 72 valence electrons. The lowest BCUT2D eigenvalue weighted by atomic mass is 10.2. The van der Waals surface area contributed by atoms with Crippen molar-refractivity contribution in [2.75, 3.05) is 0 Å². The number of sulfonamides is 1. The van der Waals surface area contributed by atoms with Gasteiger partial charge in [0.1, 0.15) is 0 Å². The molecule has 1 aromatic carbocycles. The Hall–Kier alpha value is -0.580. The molecule has 0 amide bonds. The first kappa shape index (κ1) is 10.5. The summed E-state index contributed by atoms with van der Waals surface area (Å²) in [7, 11) is -3.61. The Bertz CT molecular complexity index is 414. The van der Waals surface area contributed by atoms with Gasteiger partial charge in [0.2, 0.25) is 10.0 Å². The summed E-state index contributed by atoms with van der Waals surface area (Å²) in [5.41, 5.74) is 0.785. The first-order valence-electron chi connectivity index (χ1n) is 3.76. The monoisotopic (exact) mass is 219 g/mol. The molecule has 0 radical (unpaired) electrons. The van der Waals surface area contributed by atoms with Crippen LogP contribution in [0.25, 0.3) is 0 Å². The van der Waals surface area contributed by atoms with E-state index in [2.05, 4.69) is 0 Å². The van der Waals surface area contributed by atoms with Crippen molar-refractivity contribution < 1.29 is 8.42 Å². The fourth-order valence-corrected chi connectivity index (χ4v) is 1.81. The molecule has 0 aliphatic carbocycles. The van der Waals surface area contributed by atoms with Gasteiger partial charge in [0, 0.05) is 5.02 Å². The van der Waals surface area contributed by atoms with Crippen LogP contribution in [-0.4, -0.2) is 8.42 Å². The van der Waals surface area contributed by atoms with Gasteiger partial charge in [0.15, 0.2) is 0 Å². The van der Waals surface area contributed by atoms with Gasteiger partial charge in [0.25, 0.3) is 0 Å². The van der Waals surface area contributed by atoms with Crippen molar-refractivity contribution in [1.29, 1.82) is 0 Å². The summed E-state index contributed by atoms with van der Waals surface area (Å²) < 4.78 is 21.9. The number of benzene rings is 1. The van der Waals surface area contributed by atoms with Gasteiger partial charge in [-0.25, -0.2) is 13.6 Å². The number of aryl methyl sites for hydroxylation is 1. The second-order valence-corrected chi connectivity index (χ2v) is 4.62. The minimum Gasteiger partial charge on any atom is -0.225 e. The van der Waals surface area contributed by atoms with Crippen LogP contribution in [0.3, 0.4) is 0 Å². The SMILES string of the molecule is CCc1cc(S(N)(=O)=O)ccc1Cl. The molecule has 0 spiro atoms. The summed E-state index contributed by atoms with van der Waals surface area (Å²) in [5, 5.41) is 5.52. The van der Waals surface area contributed by atoms with Gasteiger partial charge in [-0.05, 0) is 30.2 Å². The van der Waals surface area contributed by atoms with E-state index >= 15 is 0 Å². The number of halogens is 1. The van der Waals surface area contributed by atoms with Gasteiger partial charge in [-0.2, -0.15) is 0 Å². The molecule has 5 heteroatoms. The standard InChI is InChI=1S/C8H10ClNO2S/c1-2-6-5-7(13(10,11)12)3-4-8(6)9/h3-5H,2H2,1H3,(H2,10,11,12). The molecule has 0 saturated carbocycles.